The summed E-state index contributed by atoms with van der Waals surface area (Å²) in [4.78, 5) is 22.6. The third kappa shape index (κ3) is 4.56. The van der Waals surface area contributed by atoms with Crippen molar-refractivity contribution in [2.45, 2.75) is 19.6 Å². The van der Waals surface area contributed by atoms with E-state index in [-0.39, 0.29) is 18.3 Å². The van der Waals surface area contributed by atoms with Crippen LogP contribution >= 0.6 is 0 Å². The van der Waals surface area contributed by atoms with Crippen LogP contribution in [-0.2, 0) is 22.7 Å². The molecule has 0 bridgehead atoms. The first-order valence-electron chi connectivity index (χ1n) is 7.99. The molecule has 0 aromatic heterocycles. The van der Waals surface area contributed by atoms with Crippen molar-refractivity contribution in [3.05, 3.63) is 65.5 Å². The molecular formula is C19H18FNO4. The highest BCUT2D eigenvalue weighted by molar-refractivity contribution is 5.89. The average Bonchev–Trinajstić information content (AvgIpc) is 3.40. The first kappa shape index (κ1) is 17.0. The maximum atomic E-state index is 13.1. The molecule has 0 aliphatic heterocycles. The third-order valence-electron chi connectivity index (χ3n) is 4.13. The molecule has 130 valence electrons. The van der Waals surface area contributed by atoms with E-state index >= 15 is 0 Å². The van der Waals surface area contributed by atoms with Crippen molar-refractivity contribution in [3.8, 4) is 5.75 Å². The Bertz CT molecular complexity index is 775. The summed E-state index contributed by atoms with van der Waals surface area (Å²) in [5, 5.41) is 11.6. The SMILES string of the molecule is O=C(O)C1CC1C(=O)NCc1ccc(OCc2cccc(F)c2)cc1. The van der Waals surface area contributed by atoms with Gasteiger partial charge in [-0.25, -0.2) is 4.39 Å². The van der Waals surface area contributed by atoms with E-state index in [9.17, 15) is 14.0 Å². The maximum Gasteiger partial charge on any atom is 0.307 e. The largest absolute Gasteiger partial charge is 0.489 e. The molecule has 5 nitrogen and oxygen atoms in total. The van der Waals surface area contributed by atoms with E-state index in [2.05, 4.69) is 5.32 Å². The van der Waals surface area contributed by atoms with Crippen molar-refractivity contribution in [2.24, 2.45) is 11.8 Å². The summed E-state index contributed by atoms with van der Waals surface area (Å²) in [6.45, 7) is 0.609. The number of rotatable bonds is 7. The van der Waals surface area contributed by atoms with Crippen molar-refractivity contribution >= 4 is 11.9 Å². The topological polar surface area (TPSA) is 75.6 Å². The molecule has 2 aromatic carbocycles. The number of halogens is 1. The normalized spacial score (nSPS) is 18.4. The van der Waals surface area contributed by atoms with E-state index in [0.717, 1.165) is 11.1 Å². The molecule has 1 fully saturated rings. The van der Waals surface area contributed by atoms with Crippen LogP contribution in [0, 0.1) is 17.7 Å². The third-order valence-corrected chi connectivity index (χ3v) is 4.13. The predicted molar refractivity (Wildman–Crippen MR) is 88.3 cm³/mol. The van der Waals surface area contributed by atoms with Gasteiger partial charge in [-0.2, -0.15) is 0 Å². The fourth-order valence-corrected chi connectivity index (χ4v) is 2.57. The number of hydrogen-bond donors (Lipinski definition) is 2. The molecule has 0 saturated heterocycles. The number of benzene rings is 2. The molecule has 0 heterocycles. The van der Waals surface area contributed by atoms with Gasteiger partial charge in [-0.05, 0) is 41.8 Å². The minimum absolute atomic E-state index is 0.223. The summed E-state index contributed by atoms with van der Waals surface area (Å²) < 4.78 is 18.7. The van der Waals surface area contributed by atoms with Crippen LogP contribution in [0.2, 0.25) is 0 Å². The Hall–Kier alpha value is -2.89. The van der Waals surface area contributed by atoms with E-state index < -0.39 is 17.8 Å². The van der Waals surface area contributed by atoms with Crippen LogP contribution in [0.4, 0.5) is 4.39 Å². The van der Waals surface area contributed by atoms with E-state index in [1.165, 1.54) is 12.1 Å². The number of carbonyl (C=O) groups is 2. The first-order valence-corrected chi connectivity index (χ1v) is 7.99. The number of amides is 1. The van der Waals surface area contributed by atoms with E-state index in [1.54, 1.807) is 24.3 Å². The highest BCUT2D eigenvalue weighted by atomic mass is 19.1. The lowest BCUT2D eigenvalue weighted by Crippen LogP contribution is -2.25. The van der Waals surface area contributed by atoms with Gasteiger partial charge in [0.05, 0.1) is 11.8 Å². The Morgan fingerprint density at radius 2 is 1.88 bits per heavy atom. The molecule has 2 unspecified atom stereocenters. The predicted octanol–water partition coefficient (Wildman–Crippen LogP) is 2.74. The summed E-state index contributed by atoms with van der Waals surface area (Å²) in [5.74, 6) is -1.75. The number of carbonyl (C=O) groups excluding carboxylic acids is 1. The molecule has 2 aromatic rings. The van der Waals surface area contributed by atoms with Crippen molar-refractivity contribution in [1.82, 2.24) is 5.32 Å². The Morgan fingerprint density at radius 1 is 1.12 bits per heavy atom. The molecule has 25 heavy (non-hydrogen) atoms. The van der Waals surface area contributed by atoms with Gasteiger partial charge in [0, 0.05) is 6.54 Å². The Kier molecular flexibility index (Phi) is 4.97. The van der Waals surface area contributed by atoms with Crippen molar-refractivity contribution in [1.29, 1.82) is 0 Å². The summed E-state index contributed by atoms with van der Waals surface area (Å²) in [5.41, 5.74) is 1.63. The summed E-state index contributed by atoms with van der Waals surface area (Å²) in [6.07, 6.45) is 0.411. The van der Waals surface area contributed by atoms with E-state index in [4.69, 9.17) is 9.84 Å². The number of hydrogen-bond acceptors (Lipinski definition) is 3. The molecule has 1 saturated carbocycles. The zero-order valence-corrected chi connectivity index (χ0v) is 13.4. The highest BCUT2D eigenvalue weighted by Gasteiger charge is 2.48. The van der Waals surface area contributed by atoms with Gasteiger partial charge in [-0.15, -0.1) is 0 Å². The van der Waals surface area contributed by atoms with E-state index in [0.29, 0.717) is 18.7 Å². The van der Waals surface area contributed by atoms with Gasteiger partial charge in [0.15, 0.2) is 0 Å². The number of ether oxygens (including phenoxy) is 1. The fraction of sp³-hybridized carbons (Fsp3) is 0.263. The minimum atomic E-state index is -0.917. The lowest BCUT2D eigenvalue weighted by molar-refractivity contribution is -0.140. The van der Waals surface area contributed by atoms with Gasteiger partial charge in [0.1, 0.15) is 18.2 Å². The minimum Gasteiger partial charge on any atom is -0.489 e. The fourth-order valence-electron chi connectivity index (χ4n) is 2.57. The van der Waals surface area contributed by atoms with Gasteiger partial charge in [-0.3, -0.25) is 9.59 Å². The zero-order valence-electron chi connectivity index (χ0n) is 13.4. The molecule has 2 atom stereocenters. The number of carboxylic acids is 1. The van der Waals surface area contributed by atoms with Gasteiger partial charge in [0.25, 0.3) is 0 Å². The molecule has 1 aliphatic rings. The van der Waals surface area contributed by atoms with Gasteiger partial charge in [-0.1, -0.05) is 24.3 Å². The standard InChI is InChI=1S/C19H18FNO4/c20-14-3-1-2-13(8-14)11-25-15-6-4-12(5-7-15)10-21-18(22)16-9-17(16)19(23)24/h1-8,16-17H,9-11H2,(H,21,22)(H,23,24). The molecule has 2 N–H and O–H groups in total. The van der Waals surface area contributed by atoms with Crippen LogP contribution in [0.1, 0.15) is 17.5 Å². The molecule has 6 heteroatoms. The number of nitrogens with one attached hydrogen (secondary N) is 1. The highest BCUT2D eigenvalue weighted by Crippen LogP contribution is 2.38. The molecule has 0 radical (unpaired) electrons. The second kappa shape index (κ2) is 7.34. The van der Waals surface area contributed by atoms with E-state index in [1.807, 2.05) is 12.1 Å². The quantitative estimate of drug-likeness (QED) is 0.810. The van der Waals surface area contributed by atoms with Gasteiger partial charge < -0.3 is 15.2 Å². The van der Waals surface area contributed by atoms with Crippen LogP contribution < -0.4 is 10.1 Å². The molecule has 1 aliphatic carbocycles. The molecule has 0 spiro atoms. The lowest BCUT2D eigenvalue weighted by atomic mass is 10.2. The van der Waals surface area contributed by atoms with Gasteiger partial charge >= 0.3 is 5.97 Å². The van der Waals surface area contributed by atoms with Crippen LogP contribution in [0.5, 0.6) is 5.75 Å². The van der Waals surface area contributed by atoms with Crippen LogP contribution in [0.3, 0.4) is 0 Å². The average molecular weight is 343 g/mol. The lowest BCUT2D eigenvalue weighted by Gasteiger charge is -2.08. The second-order valence-corrected chi connectivity index (χ2v) is 6.07. The van der Waals surface area contributed by atoms with Crippen LogP contribution in [0.25, 0.3) is 0 Å². The summed E-state index contributed by atoms with van der Waals surface area (Å²) >= 11 is 0. The van der Waals surface area contributed by atoms with Crippen molar-refractivity contribution in [3.63, 3.8) is 0 Å². The van der Waals surface area contributed by atoms with Gasteiger partial charge in [0.2, 0.25) is 5.91 Å². The van der Waals surface area contributed by atoms with Crippen LogP contribution in [-0.4, -0.2) is 17.0 Å². The first-order chi connectivity index (χ1) is 12.0. The summed E-state index contributed by atoms with van der Waals surface area (Å²) in [7, 11) is 0. The van der Waals surface area contributed by atoms with Crippen LogP contribution in [0.15, 0.2) is 48.5 Å². The molecular weight excluding hydrogens is 325 g/mol. The number of aliphatic carboxylic acids is 1. The second-order valence-electron chi connectivity index (χ2n) is 6.07. The monoisotopic (exact) mass is 343 g/mol. The summed E-state index contributed by atoms with van der Waals surface area (Å²) in [6, 6.07) is 13.4. The molecule has 3 rings (SSSR count). The Morgan fingerprint density at radius 3 is 2.52 bits per heavy atom. The maximum absolute atomic E-state index is 13.1. The Labute approximate surface area is 144 Å². The number of carboxylic acid groups (broad SMARTS) is 1. The van der Waals surface area contributed by atoms with Crippen molar-refractivity contribution < 1.29 is 23.8 Å². The van der Waals surface area contributed by atoms with Crippen molar-refractivity contribution in [2.75, 3.05) is 0 Å². The smallest absolute Gasteiger partial charge is 0.307 e. The Balaban J connectivity index is 1.46. The molecule has 1 amide bonds. The zero-order chi connectivity index (χ0) is 17.8.